The van der Waals surface area contributed by atoms with E-state index in [0.717, 1.165) is 5.56 Å². The van der Waals surface area contributed by atoms with Gasteiger partial charge in [0.05, 0.1) is 5.25 Å². The topological polar surface area (TPSA) is 92.3 Å². The van der Waals surface area contributed by atoms with Gasteiger partial charge in [-0.05, 0) is 44.4 Å². The van der Waals surface area contributed by atoms with Gasteiger partial charge in [0.15, 0.2) is 9.84 Å². The largest absolute Gasteiger partial charge is 0.355 e. The van der Waals surface area contributed by atoms with Gasteiger partial charge in [-0.1, -0.05) is 12.1 Å². The summed E-state index contributed by atoms with van der Waals surface area (Å²) >= 11 is 0. The van der Waals surface area contributed by atoms with Crippen LogP contribution in [-0.2, 0) is 21.2 Å². The highest BCUT2D eigenvalue weighted by Gasteiger charge is 2.50. The number of sulfone groups is 1. The zero-order valence-electron chi connectivity index (χ0n) is 13.5. The predicted octanol–water partition coefficient (Wildman–Crippen LogP) is 1.02. The molecular weight excluding hydrogens is 316 g/mol. The lowest BCUT2D eigenvalue weighted by Gasteiger charge is -2.23. The first-order chi connectivity index (χ1) is 10.7. The molecule has 1 aliphatic rings. The second kappa shape index (κ2) is 6.31. The molecule has 7 heteroatoms. The maximum Gasteiger partial charge on any atom is 0.251 e. The van der Waals surface area contributed by atoms with Crippen LogP contribution in [0.3, 0.4) is 0 Å². The lowest BCUT2D eigenvalue weighted by Crippen LogP contribution is -2.49. The Morgan fingerprint density at radius 3 is 2.22 bits per heavy atom. The van der Waals surface area contributed by atoms with E-state index in [9.17, 15) is 18.0 Å². The number of carbonyl (C=O) groups excluding carboxylic acids is 2. The van der Waals surface area contributed by atoms with Gasteiger partial charge in [0.1, 0.15) is 4.75 Å². The molecule has 0 atom stereocenters. The molecule has 0 radical (unpaired) electrons. The molecule has 1 fully saturated rings. The smallest absolute Gasteiger partial charge is 0.251 e. The van der Waals surface area contributed by atoms with Gasteiger partial charge in [-0.3, -0.25) is 9.59 Å². The van der Waals surface area contributed by atoms with Crippen molar-refractivity contribution in [3.8, 4) is 0 Å². The van der Waals surface area contributed by atoms with Gasteiger partial charge in [-0.25, -0.2) is 8.42 Å². The summed E-state index contributed by atoms with van der Waals surface area (Å²) in [7, 11) is -1.90. The van der Waals surface area contributed by atoms with Gasteiger partial charge in [0, 0.05) is 19.2 Å². The van der Waals surface area contributed by atoms with Crippen molar-refractivity contribution >= 4 is 21.7 Å². The normalized spacial score (nSPS) is 15.1. The molecule has 0 saturated heterocycles. The standard InChI is InChI=1S/C16H22N2O4S/c1-16(2,23(21,22)13-8-9-13)15(20)18-10-11-4-6-12(7-5-11)14(19)17-3/h4-7,13H,8-10H2,1-3H3,(H,17,19)(H,18,20). The van der Waals surface area contributed by atoms with Crippen LogP contribution < -0.4 is 10.6 Å². The summed E-state index contributed by atoms with van der Waals surface area (Å²) < 4.78 is 23.2. The summed E-state index contributed by atoms with van der Waals surface area (Å²) in [4.78, 5) is 23.7. The maximum absolute atomic E-state index is 12.3. The first-order valence-corrected chi connectivity index (χ1v) is 9.07. The molecule has 2 amide bonds. The van der Waals surface area contributed by atoms with E-state index in [-0.39, 0.29) is 17.7 Å². The van der Waals surface area contributed by atoms with Gasteiger partial charge in [-0.15, -0.1) is 0 Å². The molecule has 0 unspecified atom stereocenters. The second-order valence-corrected chi connectivity index (χ2v) is 8.99. The third-order valence-electron chi connectivity index (χ3n) is 4.12. The fraction of sp³-hybridized carbons (Fsp3) is 0.500. The van der Waals surface area contributed by atoms with Crippen molar-refractivity contribution < 1.29 is 18.0 Å². The quantitative estimate of drug-likeness (QED) is 0.810. The van der Waals surface area contributed by atoms with Crippen molar-refractivity contribution in [3.63, 3.8) is 0 Å². The Labute approximate surface area is 136 Å². The SMILES string of the molecule is CNC(=O)c1ccc(CNC(=O)C(C)(C)S(=O)(=O)C2CC2)cc1. The molecular formula is C16H22N2O4S. The van der Waals surface area contributed by atoms with Crippen molar-refractivity contribution in [2.45, 2.75) is 43.2 Å². The van der Waals surface area contributed by atoms with Crippen molar-refractivity contribution in [3.05, 3.63) is 35.4 Å². The number of hydrogen-bond acceptors (Lipinski definition) is 4. The van der Waals surface area contributed by atoms with E-state index in [1.807, 2.05) is 0 Å². The van der Waals surface area contributed by atoms with Crippen molar-refractivity contribution in [1.82, 2.24) is 10.6 Å². The molecule has 126 valence electrons. The summed E-state index contributed by atoms with van der Waals surface area (Å²) in [6, 6.07) is 6.78. The first kappa shape index (κ1) is 17.5. The zero-order chi connectivity index (χ0) is 17.3. The highest BCUT2D eigenvalue weighted by molar-refractivity contribution is 7.94. The van der Waals surface area contributed by atoms with Crippen LogP contribution in [0.2, 0.25) is 0 Å². The molecule has 1 aliphatic carbocycles. The number of amides is 2. The molecule has 1 aromatic carbocycles. The third kappa shape index (κ3) is 3.55. The van der Waals surface area contributed by atoms with Crippen molar-refractivity contribution in [2.75, 3.05) is 7.05 Å². The van der Waals surface area contributed by atoms with E-state index in [1.54, 1.807) is 31.3 Å². The minimum Gasteiger partial charge on any atom is -0.355 e. The van der Waals surface area contributed by atoms with Crippen molar-refractivity contribution in [2.24, 2.45) is 0 Å². The number of benzene rings is 1. The minimum absolute atomic E-state index is 0.183. The van der Waals surface area contributed by atoms with Crippen LogP contribution in [0.1, 0.15) is 42.6 Å². The second-order valence-electron chi connectivity index (χ2n) is 6.21. The Morgan fingerprint density at radius 1 is 1.17 bits per heavy atom. The number of hydrogen-bond donors (Lipinski definition) is 2. The Hall–Kier alpha value is -1.89. The summed E-state index contributed by atoms with van der Waals surface area (Å²) in [5, 5.41) is 4.82. The van der Waals surface area contributed by atoms with E-state index in [2.05, 4.69) is 10.6 Å². The van der Waals surface area contributed by atoms with E-state index < -0.39 is 20.5 Å². The lowest BCUT2D eigenvalue weighted by atomic mass is 10.1. The molecule has 1 saturated carbocycles. The maximum atomic E-state index is 12.3. The highest BCUT2D eigenvalue weighted by atomic mass is 32.2. The molecule has 0 heterocycles. The average Bonchev–Trinajstić information content (AvgIpc) is 3.37. The number of nitrogens with one attached hydrogen (secondary N) is 2. The summed E-state index contributed by atoms with van der Waals surface area (Å²) in [6.07, 6.45) is 1.28. The van der Waals surface area contributed by atoms with Gasteiger partial charge in [0.25, 0.3) is 5.91 Å². The molecule has 1 aromatic rings. The predicted molar refractivity (Wildman–Crippen MR) is 87.7 cm³/mol. The summed E-state index contributed by atoms with van der Waals surface area (Å²) in [5.41, 5.74) is 1.32. The minimum atomic E-state index is -3.46. The van der Waals surface area contributed by atoms with Crippen LogP contribution in [0.4, 0.5) is 0 Å². The highest BCUT2D eigenvalue weighted by Crippen LogP contribution is 2.36. The van der Waals surface area contributed by atoms with Crippen LogP contribution in [-0.4, -0.2) is 37.3 Å². The number of carbonyl (C=O) groups is 2. The zero-order valence-corrected chi connectivity index (χ0v) is 14.4. The Morgan fingerprint density at radius 2 is 1.74 bits per heavy atom. The van der Waals surface area contributed by atoms with Gasteiger partial charge in [0.2, 0.25) is 5.91 Å². The van der Waals surface area contributed by atoms with E-state index in [4.69, 9.17) is 0 Å². The van der Waals surface area contributed by atoms with Crippen LogP contribution >= 0.6 is 0 Å². The molecule has 0 spiro atoms. The van der Waals surface area contributed by atoms with E-state index in [1.165, 1.54) is 13.8 Å². The molecule has 2 N–H and O–H groups in total. The van der Waals surface area contributed by atoms with Crippen LogP contribution in [0, 0.1) is 0 Å². The lowest BCUT2D eigenvalue weighted by molar-refractivity contribution is -0.123. The monoisotopic (exact) mass is 338 g/mol. The Balaban J connectivity index is 2.00. The van der Waals surface area contributed by atoms with Gasteiger partial charge in [-0.2, -0.15) is 0 Å². The van der Waals surface area contributed by atoms with Gasteiger partial charge < -0.3 is 10.6 Å². The molecule has 2 rings (SSSR count). The summed E-state index contributed by atoms with van der Waals surface area (Å²) in [5.74, 6) is -0.683. The third-order valence-corrected chi connectivity index (χ3v) is 7.07. The molecule has 0 aliphatic heterocycles. The van der Waals surface area contributed by atoms with Gasteiger partial charge >= 0.3 is 0 Å². The fourth-order valence-corrected chi connectivity index (χ4v) is 4.16. The molecule has 6 nitrogen and oxygen atoms in total. The first-order valence-electron chi connectivity index (χ1n) is 7.53. The molecule has 0 aromatic heterocycles. The van der Waals surface area contributed by atoms with Crippen molar-refractivity contribution in [1.29, 1.82) is 0 Å². The average molecular weight is 338 g/mol. The Kier molecular flexibility index (Phi) is 4.79. The Bertz CT molecular complexity index is 704. The van der Waals surface area contributed by atoms with Crippen LogP contribution in [0.25, 0.3) is 0 Å². The molecule has 0 bridgehead atoms. The van der Waals surface area contributed by atoms with E-state index >= 15 is 0 Å². The fourth-order valence-electron chi connectivity index (χ4n) is 2.24. The van der Waals surface area contributed by atoms with Crippen LogP contribution in [0.5, 0.6) is 0 Å². The van der Waals surface area contributed by atoms with Crippen LogP contribution in [0.15, 0.2) is 24.3 Å². The van der Waals surface area contributed by atoms with E-state index in [0.29, 0.717) is 18.4 Å². The number of rotatable bonds is 6. The molecule has 23 heavy (non-hydrogen) atoms. The summed E-state index contributed by atoms with van der Waals surface area (Å²) in [6.45, 7) is 3.12.